The second kappa shape index (κ2) is 4.40. The molecule has 0 saturated carbocycles. The second-order valence-electron chi connectivity index (χ2n) is 3.49. The van der Waals surface area contributed by atoms with Crippen LogP contribution in [0.2, 0.25) is 0 Å². The van der Waals surface area contributed by atoms with Crippen LogP contribution in [0.5, 0.6) is 0 Å². The quantitative estimate of drug-likeness (QED) is 0.621. The average molecular weight is 295 g/mol. The first-order valence-electron chi connectivity index (χ1n) is 3.58. The van der Waals surface area contributed by atoms with Crippen molar-refractivity contribution in [3.8, 4) is 0 Å². The molecule has 0 atom stereocenters. The number of benzene rings is 1. The molecule has 0 fully saturated rings. The minimum atomic E-state index is 0. The van der Waals surface area contributed by atoms with Crippen molar-refractivity contribution in [2.75, 3.05) is 21.1 Å². The molecule has 3 heteroatoms. The van der Waals surface area contributed by atoms with Crippen LogP contribution in [0.25, 0.3) is 0 Å². The molecule has 0 amide bonds. The number of quaternary nitrogens is 1. The van der Waals surface area contributed by atoms with Gasteiger partial charge in [-0.25, -0.2) is 0 Å². The highest BCUT2D eigenvalue weighted by Gasteiger charge is 2.09. The Hall–Kier alpha value is 0.140. The van der Waals surface area contributed by atoms with Gasteiger partial charge in [-0.3, -0.25) is 4.48 Å². The monoisotopic (exact) mass is 293 g/mol. The summed E-state index contributed by atoms with van der Waals surface area (Å²) in [5.74, 6) is 0. The van der Waals surface area contributed by atoms with E-state index in [0.717, 1.165) is 8.96 Å². The molecule has 1 aromatic carbocycles. The molecule has 0 bridgehead atoms. The van der Waals surface area contributed by atoms with Gasteiger partial charge in [-0.05, 0) is 12.1 Å². The fourth-order valence-corrected chi connectivity index (χ4v) is 1.15. The summed E-state index contributed by atoms with van der Waals surface area (Å²) in [6, 6.07) is 8.39. The zero-order chi connectivity index (χ0) is 8.48. The minimum Gasteiger partial charge on any atom is -1.00 e. The van der Waals surface area contributed by atoms with Crippen molar-refractivity contribution in [2.24, 2.45) is 0 Å². The molecule has 1 rings (SSSR count). The second-order valence-corrected chi connectivity index (χ2v) is 4.40. The molecule has 1 nitrogen and oxygen atoms in total. The van der Waals surface area contributed by atoms with Gasteiger partial charge in [0.15, 0.2) is 0 Å². The van der Waals surface area contributed by atoms with Crippen molar-refractivity contribution in [1.82, 2.24) is 4.48 Å². The van der Waals surface area contributed by atoms with Gasteiger partial charge in [0.2, 0.25) is 0 Å². The van der Waals surface area contributed by atoms with Gasteiger partial charge >= 0.3 is 0 Å². The number of rotatable bonds is 1. The molecule has 0 N–H and O–H groups in total. The van der Waals surface area contributed by atoms with Crippen LogP contribution in [0.4, 0.5) is 5.69 Å². The lowest BCUT2D eigenvalue weighted by Crippen LogP contribution is -3.00. The van der Waals surface area contributed by atoms with Crippen molar-refractivity contribution in [3.05, 3.63) is 28.7 Å². The summed E-state index contributed by atoms with van der Waals surface area (Å²) >= 11 is 3.41. The highest BCUT2D eigenvalue weighted by atomic mass is 79.9. The van der Waals surface area contributed by atoms with E-state index in [0.29, 0.717) is 0 Å². The summed E-state index contributed by atoms with van der Waals surface area (Å²) in [5, 5.41) is 0. The lowest BCUT2D eigenvalue weighted by atomic mass is 10.3. The molecule has 0 aromatic heterocycles. The van der Waals surface area contributed by atoms with Gasteiger partial charge in [0.05, 0.1) is 21.1 Å². The van der Waals surface area contributed by atoms with Crippen LogP contribution in [0.3, 0.4) is 0 Å². The molecule has 0 unspecified atom stereocenters. The van der Waals surface area contributed by atoms with E-state index >= 15 is 0 Å². The topological polar surface area (TPSA) is 0 Å². The molecular formula is C9H13Br2N. The zero-order valence-electron chi connectivity index (χ0n) is 7.51. The van der Waals surface area contributed by atoms with Crippen LogP contribution in [0.1, 0.15) is 0 Å². The number of hydrogen-bond acceptors (Lipinski definition) is 0. The summed E-state index contributed by atoms with van der Waals surface area (Å²) in [6.07, 6.45) is 0. The van der Waals surface area contributed by atoms with Gasteiger partial charge < -0.3 is 17.0 Å². The average Bonchev–Trinajstić information content (AvgIpc) is 1.86. The Kier molecular flexibility index (Phi) is 4.45. The molecule has 0 heterocycles. The molecule has 12 heavy (non-hydrogen) atoms. The van der Waals surface area contributed by atoms with E-state index in [-0.39, 0.29) is 17.0 Å². The molecule has 0 aliphatic carbocycles. The van der Waals surface area contributed by atoms with Gasteiger partial charge in [0.25, 0.3) is 0 Å². The molecule has 0 aliphatic rings. The van der Waals surface area contributed by atoms with Crippen molar-refractivity contribution in [3.63, 3.8) is 0 Å². The van der Waals surface area contributed by atoms with Crippen LogP contribution >= 0.6 is 15.9 Å². The van der Waals surface area contributed by atoms with E-state index in [2.05, 4.69) is 61.3 Å². The molecule has 68 valence electrons. The van der Waals surface area contributed by atoms with Crippen LogP contribution < -0.4 is 21.5 Å². The molecule has 0 saturated heterocycles. The third kappa shape index (κ3) is 3.25. The van der Waals surface area contributed by atoms with Crippen LogP contribution in [0.15, 0.2) is 28.7 Å². The lowest BCUT2D eigenvalue weighted by Gasteiger charge is -2.23. The number of nitrogens with zero attached hydrogens (tertiary/aromatic N) is 1. The third-order valence-electron chi connectivity index (χ3n) is 1.60. The first-order valence-corrected chi connectivity index (χ1v) is 4.37. The molecule has 0 aliphatic heterocycles. The predicted octanol–water partition coefficient (Wildman–Crippen LogP) is -0.350. The van der Waals surface area contributed by atoms with Crippen LogP contribution in [-0.4, -0.2) is 21.1 Å². The van der Waals surface area contributed by atoms with Gasteiger partial charge in [-0.15, -0.1) is 0 Å². The number of halogens is 2. The van der Waals surface area contributed by atoms with Crippen molar-refractivity contribution >= 4 is 21.6 Å². The van der Waals surface area contributed by atoms with Gasteiger partial charge in [0.1, 0.15) is 5.69 Å². The Labute approximate surface area is 92.9 Å². The first-order chi connectivity index (χ1) is 5.00. The van der Waals surface area contributed by atoms with E-state index < -0.39 is 0 Å². The highest BCUT2D eigenvalue weighted by Crippen LogP contribution is 2.19. The maximum atomic E-state index is 3.41. The van der Waals surface area contributed by atoms with Crippen molar-refractivity contribution in [1.29, 1.82) is 0 Å². The van der Waals surface area contributed by atoms with Gasteiger partial charge in [-0.2, -0.15) is 0 Å². The fourth-order valence-electron chi connectivity index (χ4n) is 0.888. The summed E-state index contributed by atoms with van der Waals surface area (Å²) < 4.78 is 2.00. The summed E-state index contributed by atoms with van der Waals surface area (Å²) in [6.45, 7) is 0. The largest absolute Gasteiger partial charge is 1.00 e. The lowest BCUT2D eigenvalue weighted by molar-refractivity contribution is -0.00000243. The normalized spacial score (nSPS) is 10.7. The van der Waals surface area contributed by atoms with Gasteiger partial charge in [-0.1, -0.05) is 15.9 Å². The molecule has 1 aromatic rings. The van der Waals surface area contributed by atoms with Gasteiger partial charge in [0, 0.05) is 16.6 Å². The van der Waals surface area contributed by atoms with E-state index in [9.17, 15) is 0 Å². The van der Waals surface area contributed by atoms with Crippen LogP contribution in [-0.2, 0) is 0 Å². The standard InChI is InChI=1S/C9H13BrN.BrH/c1-11(2,3)9-6-4-8(10)5-7-9;/h4-7H,1-3H3;1H/q+1;/p-1. The van der Waals surface area contributed by atoms with E-state index in [1.807, 2.05) is 0 Å². The summed E-state index contributed by atoms with van der Waals surface area (Å²) in [7, 11) is 6.47. The highest BCUT2D eigenvalue weighted by molar-refractivity contribution is 9.10. The third-order valence-corrected chi connectivity index (χ3v) is 2.13. The Morgan fingerprint density at radius 2 is 1.42 bits per heavy atom. The first kappa shape index (κ1) is 12.1. The summed E-state index contributed by atoms with van der Waals surface area (Å²) in [4.78, 5) is 0. The van der Waals surface area contributed by atoms with E-state index in [1.54, 1.807) is 0 Å². The Morgan fingerprint density at radius 3 is 1.75 bits per heavy atom. The SMILES string of the molecule is C[N+](C)(C)c1ccc(Br)cc1.[Br-]. The molecular weight excluding hydrogens is 282 g/mol. The van der Waals surface area contributed by atoms with Crippen molar-refractivity contribution in [2.45, 2.75) is 0 Å². The van der Waals surface area contributed by atoms with E-state index in [1.165, 1.54) is 5.69 Å². The Bertz CT molecular complexity index is 236. The maximum Gasteiger partial charge on any atom is 0.132 e. The Balaban J connectivity index is 0.00000121. The minimum absolute atomic E-state index is 0. The molecule has 0 radical (unpaired) electrons. The van der Waals surface area contributed by atoms with Crippen LogP contribution in [0, 0.1) is 0 Å². The number of hydrogen-bond donors (Lipinski definition) is 0. The van der Waals surface area contributed by atoms with E-state index in [4.69, 9.17) is 0 Å². The summed E-state index contributed by atoms with van der Waals surface area (Å²) in [5.41, 5.74) is 1.31. The zero-order valence-corrected chi connectivity index (χ0v) is 10.7. The smallest absolute Gasteiger partial charge is 0.132 e. The van der Waals surface area contributed by atoms with Crippen molar-refractivity contribution < 1.29 is 17.0 Å². The Morgan fingerprint density at radius 1 is 1.00 bits per heavy atom. The molecule has 0 spiro atoms. The predicted molar refractivity (Wildman–Crippen MR) is 53.7 cm³/mol. The maximum absolute atomic E-state index is 3.41. The fraction of sp³-hybridized carbons (Fsp3) is 0.333.